The monoisotopic (exact) mass is 698 g/mol. The van der Waals surface area contributed by atoms with Crippen molar-refractivity contribution in [3.63, 3.8) is 0 Å². The molecule has 0 N–H and O–H groups in total. The topological polar surface area (TPSA) is 126 Å². The van der Waals surface area contributed by atoms with E-state index >= 15 is 0 Å². The van der Waals surface area contributed by atoms with Crippen molar-refractivity contribution >= 4 is 64.6 Å². The first-order valence-electron chi connectivity index (χ1n) is 17.7. The zero-order valence-electron chi connectivity index (χ0n) is 31.3. The quantitative estimate of drug-likeness (QED) is 0.128. The number of fused-ring (bicyclic) bond motifs is 7. The molecule has 0 saturated carbocycles. The molecule has 3 aromatic rings. The Morgan fingerprint density at radius 2 is 1.57 bits per heavy atom. The van der Waals surface area contributed by atoms with Crippen molar-refractivity contribution in [2.24, 2.45) is 17.8 Å². The molecule has 3 aromatic heterocycles. The zero-order valence-corrected chi connectivity index (χ0v) is 32.7. The van der Waals surface area contributed by atoms with Crippen LogP contribution in [0, 0.1) is 38.5 Å². The van der Waals surface area contributed by atoms with Crippen molar-refractivity contribution in [3.05, 3.63) is 95.2 Å². The average Bonchev–Trinajstić information content (AvgIpc) is 3.84. The number of Topliss-reactive ketones (excluding diaryl/α,β-unsaturated/α-hetero) is 1. The smallest absolute Gasteiger partial charge is 0.664 e. The van der Waals surface area contributed by atoms with Crippen LogP contribution >= 0.6 is 0 Å². The Morgan fingerprint density at radius 3 is 2.24 bits per heavy atom. The number of carbonyl (C=O) groups is 3. The molecule has 5 heterocycles. The molecule has 1 fully saturated rings. The molecule has 0 unspecified atom stereocenters. The molecule has 264 valence electrons. The molecule has 10 heteroatoms. The number of ether oxygens (including phenoxy) is 2. The number of methoxy groups -OCH3 is 1. The van der Waals surface area contributed by atoms with Crippen molar-refractivity contribution in [1.29, 1.82) is 0 Å². The van der Waals surface area contributed by atoms with Crippen LogP contribution in [0.2, 0.25) is 0 Å². The molecule has 1 saturated heterocycles. The van der Waals surface area contributed by atoms with E-state index in [-0.39, 0.29) is 59.7 Å². The summed E-state index contributed by atoms with van der Waals surface area (Å²) < 4.78 is 10.8. The molecule has 0 radical (unpaired) electrons. The Labute approximate surface area is 316 Å². The summed E-state index contributed by atoms with van der Waals surface area (Å²) in [4.78, 5) is 55.8. The molecule has 0 aromatic carbocycles. The Bertz CT molecular complexity index is 2120. The number of ketones is 1. The summed E-state index contributed by atoms with van der Waals surface area (Å²) in [7, 11) is 1.29. The normalized spacial score (nSPS) is 23.0. The summed E-state index contributed by atoms with van der Waals surface area (Å²) in [5.41, 5.74) is 11.3. The number of nitrogens with zero attached hydrogens (tertiary/aromatic N) is 4. The van der Waals surface area contributed by atoms with E-state index in [2.05, 4.69) is 47.6 Å². The fraction of sp³-hybridized carbons (Fsp3) is 0.439. The first-order valence-corrected chi connectivity index (χ1v) is 17.7. The van der Waals surface area contributed by atoms with Gasteiger partial charge in [0.05, 0.1) is 7.11 Å². The van der Waals surface area contributed by atoms with Crippen LogP contribution in [0.4, 0.5) is 0 Å². The Balaban J connectivity index is 0.00000504. The third-order valence-electron chi connectivity index (χ3n) is 10.9. The second-order valence-electron chi connectivity index (χ2n) is 13.6. The van der Waals surface area contributed by atoms with Gasteiger partial charge in [0.1, 0.15) is 12.5 Å². The maximum Gasteiger partial charge on any atom is 2.00 e. The van der Waals surface area contributed by atoms with Gasteiger partial charge in [0.25, 0.3) is 0 Å². The molecule has 6 rings (SSSR count). The number of esters is 2. The molecule has 51 heavy (non-hydrogen) atoms. The van der Waals surface area contributed by atoms with Crippen LogP contribution in [-0.4, -0.2) is 54.5 Å². The molecule has 3 atom stereocenters. The first-order chi connectivity index (χ1) is 23.9. The van der Waals surface area contributed by atoms with E-state index in [1.165, 1.54) is 7.11 Å². The number of allylic oxidation sites excluding steroid dienone is 3. The minimum absolute atomic E-state index is 0. The second-order valence-corrected chi connectivity index (χ2v) is 13.6. The van der Waals surface area contributed by atoms with E-state index in [4.69, 9.17) is 29.7 Å². The van der Waals surface area contributed by atoms with Gasteiger partial charge in [-0.3, -0.25) is 14.4 Å². The van der Waals surface area contributed by atoms with Gasteiger partial charge >= 0.3 is 35.0 Å². The minimum atomic E-state index is -1.20. The Kier molecular flexibility index (Phi) is 11.5. The van der Waals surface area contributed by atoms with Crippen LogP contribution in [-0.2, 0) is 31.9 Å². The third kappa shape index (κ3) is 6.73. The SMILES string of the molecule is CC/C(C)=C/COC(=O)CC[C@@H]1/C2=C3/c4[n-]c(c(C)c4C(=O)[C@@H]3C(=O)OC)/C=c3\[n-]/c(c(C)c3CC)=C\c3[n-]c(c(C)c3CC)/C=C(\[N-]2)[C@H]1C.[Mg+2]. The molecule has 8 bridgehead atoms. The maximum absolute atomic E-state index is 14.2. The molecule has 0 amide bonds. The molecule has 1 aliphatic carbocycles. The minimum Gasteiger partial charge on any atom is -0.664 e. The second kappa shape index (κ2) is 15.3. The van der Waals surface area contributed by atoms with Crippen molar-refractivity contribution in [2.75, 3.05) is 13.7 Å². The zero-order chi connectivity index (χ0) is 36.0. The van der Waals surface area contributed by atoms with Gasteiger partial charge in [-0.15, -0.1) is 33.5 Å². The maximum atomic E-state index is 14.2. The predicted molar refractivity (Wildman–Crippen MR) is 199 cm³/mol. The van der Waals surface area contributed by atoms with Crippen LogP contribution in [0.1, 0.15) is 115 Å². The Hall–Kier alpha value is -4.02. The van der Waals surface area contributed by atoms with Gasteiger partial charge in [-0.1, -0.05) is 84.9 Å². The van der Waals surface area contributed by atoms with E-state index in [1.807, 2.05) is 32.1 Å². The van der Waals surface area contributed by atoms with E-state index in [0.29, 0.717) is 40.2 Å². The molecular weight excluding hydrogens is 653 g/mol. The van der Waals surface area contributed by atoms with Crippen LogP contribution in [0.5, 0.6) is 0 Å². The first kappa shape index (κ1) is 38.2. The van der Waals surface area contributed by atoms with Gasteiger partial charge in [-0.2, -0.15) is 11.4 Å². The standard InChI is InChI=1S/C41H47N4O5.Mg/c1-10-20(4)15-16-50-34(46)14-13-27-23(7)30-17-28-21(5)25(11-2)32(42-28)18-29-22(6)26(12-3)33(43-29)19-31-24(8)35-39(45-31)36(38(27)44-30)37(40(35)47)41(48)49-9;/h15,17-19,23,27,37H,10-14,16H2,1-9H3,(H-,44,45,47);/q-3;+2/p-1/b20-15+,29-18-,30-17-,33-19-;/t23-,27-,37+;/m0./s1. The molecule has 9 nitrogen and oxygen atoms in total. The largest absolute Gasteiger partial charge is 2.00 e. The van der Waals surface area contributed by atoms with Gasteiger partial charge in [-0.05, 0) is 71.3 Å². The Morgan fingerprint density at radius 1 is 0.882 bits per heavy atom. The molecular formula is C41H46MgN4O5-2. The van der Waals surface area contributed by atoms with E-state index in [0.717, 1.165) is 74.9 Å². The van der Waals surface area contributed by atoms with Gasteiger partial charge in [0, 0.05) is 12.0 Å². The van der Waals surface area contributed by atoms with Crippen LogP contribution in [0.15, 0.2) is 23.0 Å². The number of rotatable bonds is 9. The fourth-order valence-electron chi connectivity index (χ4n) is 7.64. The van der Waals surface area contributed by atoms with Gasteiger partial charge in [0.15, 0.2) is 5.78 Å². The summed E-state index contributed by atoms with van der Waals surface area (Å²) in [6, 6.07) is 0. The van der Waals surface area contributed by atoms with E-state index < -0.39 is 11.9 Å². The number of hydrogen-bond acceptors (Lipinski definition) is 5. The van der Waals surface area contributed by atoms with Crippen LogP contribution in [0.3, 0.4) is 0 Å². The van der Waals surface area contributed by atoms with Crippen molar-refractivity contribution in [1.82, 2.24) is 15.0 Å². The summed E-state index contributed by atoms with van der Waals surface area (Å²) in [5.74, 6) is -2.95. The predicted octanol–water partition coefficient (Wildman–Crippen LogP) is 5.26. The number of hydrogen-bond donors (Lipinski definition) is 0. The summed E-state index contributed by atoms with van der Waals surface area (Å²) >= 11 is 0. The van der Waals surface area contributed by atoms with E-state index in [9.17, 15) is 14.4 Å². The van der Waals surface area contributed by atoms with Crippen LogP contribution < -0.4 is 25.7 Å². The van der Waals surface area contributed by atoms with Crippen LogP contribution in [0.25, 0.3) is 29.1 Å². The van der Waals surface area contributed by atoms with Gasteiger partial charge in [-0.25, -0.2) is 0 Å². The molecule has 2 aliphatic heterocycles. The summed E-state index contributed by atoms with van der Waals surface area (Å²) in [6.45, 7) is 16.6. The summed E-state index contributed by atoms with van der Waals surface area (Å²) in [5, 5.41) is 6.86. The third-order valence-corrected chi connectivity index (χ3v) is 10.9. The van der Waals surface area contributed by atoms with Crippen molar-refractivity contribution in [2.45, 2.75) is 87.5 Å². The van der Waals surface area contributed by atoms with Gasteiger partial charge < -0.3 is 29.7 Å². The number of carbonyl (C=O) groups excluding carboxylic acids is 3. The van der Waals surface area contributed by atoms with Crippen molar-refractivity contribution < 1.29 is 23.9 Å². The van der Waals surface area contributed by atoms with Crippen molar-refractivity contribution in [3.8, 4) is 0 Å². The summed E-state index contributed by atoms with van der Waals surface area (Å²) in [6.07, 6.45) is 11.0. The molecule has 3 aliphatic rings. The average molecular weight is 699 g/mol. The van der Waals surface area contributed by atoms with E-state index in [1.54, 1.807) is 0 Å². The molecule has 0 spiro atoms. The number of aromatic nitrogens is 3. The fourth-order valence-corrected chi connectivity index (χ4v) is 7.64. The van der Waals surface area contributed by atoms with Gasteiger partial charge in [0.2, 0.25) is 0 Å².